The number of benzene rings is 1. The molecule has 0 fully saturated rings. The van der Waals surface area contributed by atoms with E-state index < -0.39 is 5.51 Å². The highest BCUT2D eigenvalue weighted by Gasteiger charge is 2.27. The van der Waals surface area contributed by atoms with E-state index in [9.17, 15) is 18.3 Å². The molecule has 2 N–H and O–H groups in total. The summed E-state index contributed by atoms with van der Waals surface area (Å²) in [5.41, 5.74) is -3.50. The Labute approximate surface area is 122 Å². The van der Waals surface area contributed by atoms with Gasteiger partial charge in [0, 0.05) is 28.4 Å². The molecule has 108 valence electrons. The lowest BCUT2D eigenvalue weighted by atomic mass is 10.0. The fourth-order valence-corrected chi connectivity index (χ4v) is 2.51. The van der Waals surface area contributed by atoms with Gasteiger partial charge in [-0.3, -0.25) is 0 Å². The Kier molecular flexibility index (Phi) is 6.49. The molecule has 2 nitrogen and oxygen atoms in total. The monoisotopic (exact) mass is 357 g/mol. The number of hydrogen-bond donors (Lipinski definition) is 2. The first-order chi connectivity index (χ1) is 8.83. The number of thioether (sulfide) groups is 1. The fraction of sp³-hybridized carbons (Fsp3) is 0.500. The van der Waals surface area contributed by atoms with E-state index in [1.165, 1.54) is 0 Å². The van der Waals surface area contributed by atoms with Gasteiger partial charge in [0.15, 0.2) is 0 Å². The largest absolute Gasteiger partial charge is 0.508 e. The van der Waals surface area contributed by atoms with Crippen molar-refractivity contribution in [3.63, 3.8) is 0 Å². The van der Waals surface area contributed by atoms with Crippen molar-refractivity contribution in [1.82, 2.24) is 5.32 Å². The number of hydrogen-bond acceptors (Lipinski definition) is 3. The molecule has 1 aromatic carbocycles. The Hall–Kier alpha value is -0.400. The first kappa shape index (κ1) is 16.7. The lowest BCUT2D eigenvalue weighted by Crippen LogP contribution is -2.24. The fourth-order valence-electron chi connectivity index (χ4n) is 1.68. The van der Waals surface area contributed by atoms with E-state index in [2.05, 4.69) is 21.2 Å². The molecule has 0 saturated heterocycles. The van der Waals surface area contributed by atoms with Gasteiger partial charge in [-0.15, -0.1) is 0 Å². The Morgan fingerprint density at radius 2 is 2.11 bits per heavy atom. The molecule has 0 amide bonds. The van der Waals surface area contributed by atoms with Crippen molar-refractivity contribution in [2.24, 2.45) is 0 Å². The molecule has 19 heavy (non-hydrogen) atoms. The zero-order chi connectivity index (χ0) is 14.5. The maximum absolute atomic E-state index is 12.0. The Morgan fingerprint density at radius 1 is 1.42 bits per heavy atom. The summed E-state index contributed by atoms with van der Waals surface area (Å²) in [6, 6.07) is 4.89. The van der Waals surface area contributed by atoms with Gasteiger partial charge in [0.25, 0.3) is 0 Å². The van der Waals surface area contributed by atoms with Gasteiger partial charge in [0.1, 0.15) is 5.75 Å². The Bertz CT molecular complexity index is 414. The van der Waals surface area contributed by atoms with Gasteiger partial charge in [0.05, 0.1) is 0 Å². The van der Waals surface area contributed by atoms with Crippen molar-refractivity contribution >= 4 is 27.7 Å². The van der Waals surface area contributed by atoms with Crippen LogP contribution in [0.15, 0.2) is 22.7 Å². The van der Waals surface area contributed by atoms with Crippen molar-refractivity contribution in [3.8, 4) is 5.75 Å². The molecule has 0 radical (unpaired) electrons. The summed E-state index contributed by atoms with van der Waals surface area (Å²) in [4.78, 5) is 0. The van der Waals surface area contributed by atoms with Crippen LogP contribution in [0.1, 0.15) is 24.9 Å². The molecule has 0 spiro atoms. The molecule has 1 unspecified atom stereocenters. The van der Waals surface area contributed by atoms with Gasteiger partial charge in [-0.2, -0.15) is 13.2 Å². The van der Waals surface area contributed by atoms with Crippen molar-refractivity contribution in [3.05, 3.63) is 28.2 Å². The number of alkyl halides is 3. The smallest absolute Gasteiger partial charge is 0.441 e. The number of phenols is 1. The average molecular weight is 358 g/mol. The quantitative estimate of drug-likeness (QED) is 0.737. The highest BCUT2D eigenvalue weighted by atomic mass is 79.9. The minimum atomic E-state index is -4.19. The summed E-state index contributed by atoms with van der Waals surface area (Å²) in [7, 11) is 0. The molecule has 0 aromatic heterocycles. The van der Waals surface area contributed by atoms with E-state index in [-0.39, 0.29) is 35.9 Å². The predicted molar refractivity (Wildman–Crippen MR) is 75.4 cm³/mol. The lowest BCUT2D eigenvalue weighted by molar-refractivity contribution is -0.0327. The molecule has 1 atom stereocenters. The van der Waals surface area contributed by atoms with Crippen LogP contribution in [0.25, 0.3) is 0 Å². The standard InChI is InChI=1S/C12H15BrF3NOS/c1-2-10(17-5-6-19-12(14,15)16)9-7-8(13)3-4-11(9)18/h3-4,7,10,17-18H,2,5-6H2,1H3. The Morgan fingerprint density at radius 3 is 2.68 bits per heavy atom. The number of phenolic OH excluding ortho intramolecular Hbond substituents is 1. The molecule has 0 saturated carbocycles. The van der Waals surface area contributed by atoms with Crippen molar-refractivity contribution in [1.29, 1.82) is 0 Å². The van der Waals surface area contributed by atoms with E-state index in [1.807, 2.05) is 6.92 Å². The van der Waals surface area contributed by atoms with Gasteiger partial charge >= 0.3 is 5.51 Å². The molecule has 0 aliphatic rings. The molecular weight excluding hydrogens is 343 g/mol. The van der Waals surface area contributed by atoms with Crippen LogP contribution in [0.2, 0.25) is 0 Å². The van der Waals surface area contributed by atoms with Crippen molar-refractivity contribution < 1.29 is 18.3 Å². The zero-order valence-corrected chi connectivity index (χ0v) is 12.7. The molecule has 0 bridgehead atoms. The van der Waals surface area contributed by atoms with Crippen LogP contribution in [0.3, 0.4) is 0 Å². The summed E-state index contributed by atoms with van der Waals surface area (Å²) < 4.78 is 36.8. The van der Waals surface area contributed by atoms with Gasteiger partial charge in [-0.05, 0) is 36.4 Å². The second-order valence-corrected chi connectivity index (χ2v) is 5.99. The van der Waals surface area contributed by atoms with E-state index in [0.29, 0.717) is 12.0 Å². The summed E-state index contributed by atoms with van der Waals surface area (Å²) >= 11 is 3.26. The normalized spacial score (nSPS) is 13.5. The molecule has 0 heterocycles. The van der Waals surface area contributed by atoms with Crippen molar-refractivity contribution in [2.75, 3.05) is 12.3 Å². The van der Waals surface area contributed by atoms with Gasteiger partial charge < -0.3 is 10.4 Å². The van der Waals surface area contributed by atoms with Crippen LogP contribution in [0, 0.1) is 0 Å². The third kappa shape index (κ3) is 6.05. The molecule has 0 aliphatic heterocycles. The topological polar surface area (TPSA) is 32.3 Å². The van der Waals surface area contributed by atoms with Crippen LogP contribution in [-0.4, -0.2) is 22.9 Å². The minimum Gasteiger partial charge on any atom is -0.508 e. The molecule has 1 rings (SSSR count). The lowest BCUT2D eigenvalue weighted by Gasteiger charge is -2.19. The van der Waals surface area contributed by atoms with Gasteiger partial charge in [-0.25, -0.2) is 0 Å². The highest BCUT2D eigenvalue weighted by Crippen LogP contribution is 2.31. The van der Waals surface area contributed by atoms with Gasteiger partial charge in [0.2, 0.25) is 0 Å². The maximum Gasteiger partial charge on any atom is 0.441 e. The first-order valence-electron chi connectivity index (χ1n) is 5.76. The highest BCUT2D eigenvalue weighted by molar-refractivity contribution is 9.10. The number of halogens is 4. The molecule has 1 aromatic rings. The van der Waals surface area contributed by atoms with Crippen LogP contribution in [0.4, 0.5) is 13.2 Å². The molecule has 0 aliphatic carbocycles. The summed E-state index contributed by atoms with van der Waals surface area (Å²) in [5, 5.41) is 12.8. The summed E-state index contributed by atoms with van der Waals surface area (Å²) in [6.07, 6.45) is 0.681. The number of rotatable bonds is 6. The average Bonchev–Trinajstić information content (AvgIpc) is 2.32. The Balaban J connectivity index is 2.56. The van der Waals surface area contributed by atoms with E-state index in [1.54, 1.807) is 18.2 Å². The minimum absolute atomic E-state index is 0.0457. The van der Waals surface area contributed by atoms with Crippen molar-refractivity contribution in [2.45, 2.75) is 24.9 Å². The first-order valence-corrected chi connectivity index (χ1v) is 7.54. The second-order valence-electron chi connectivity index (χ2n) is 3.91. The van der Waals surface area contributed by atoms with E-state index >= 15 is 0 Å². The third-order valence-electron chi connectivity index (χ3n) is 2.53. The maximum atomic E-state index is 12.0. The number of nitrogens with one attached hydrogen (secondary N) is 1. The third-order valence-corrected chi connectivity index (χ3v) is 3.76. The summed E-state index contributed by atoms with van der Waals surface area (Å²) in [5.74, 6) is 0.0976. The summed E-state index contributed by atoms with van der Waals surface area (Å²) in [6.45, 7) is 2.14. The van der Waals surface area contributed by atoms with E-state index in [0.717, 1.165) is 4.47 Å². The van der Waals surface area contributed by atoms with Crippen LogP contribution in [-0.2, 0) is 0 Å². The number of aromatic hydroxyl groups is 1. The molecule has 7 heteroatoms. The predicted octanol–water partition coefficient (Wildman–Crippen LogP) is 4.45. The zero-order valence-electron chi connectivity index (χ0n) is 10.3. The van der Waals surface area contributed by atoms with Gasteiger partial charge in [-0.1, -0.05) is 22.9 Å². The molecular formula is C12H15BrF3NOS. The SMILES string of the molecule is CCC(NCCSC(F)(F)F)c1cc(Br)ccc1O. The second kappa shape index (κ2) is 7.40. The van der Waals surface area contributed by atoms with Crippen LogP contribution >= 0.6 is 27.7 Å². The van der Waals surface area contributed by atoms with Crippen LogP contribution < -0.4 is 5.32 Å². The van der Waals surface area contributed by atoms with Crippen LogP contribution in [0.5, 0.6) is 5.75 Å². The van der Waals surface area contributed by atoms with E-state index in [4.69, 9.17) is 0 Å².